The van der Waals surface area contributed by atoms with E-state index in [0.29, 0.717) is 5.15 Å². The molecule has 25 heavy (non-hydrogen) atoms. The van der Waals surface area contributed by atoms with Crippen LogP contribution in [0.5, 0.6) is 0 Å². The Morgan fingerprint density at radius 3 is 2.52 bits per heavy atom. The number of nitrogens with zero attached hydrogens (tertiary/aromatic N) is 4. The molecule has 0 unspecified atom stereocenters. The fourth-order valence-corrected chi connectivity index (χ4v) is 3.75. The normalized spacial score (nSPS) is 15.4. The molecule has 0 bridgehead atoms. The van der Waals surface area contributed by atoms with Crippen molar-refractivity contribution in [1.82, 2.24) is 14.9 Å². The standard InChI is InChI=1S/C18H24ClN5S/c1-23-10-12-24(13-11-23)18-21-16(19)15(25-2)17(22-18)20-9-8-14-6-4-3-5-7-14/h3-7H,8-13H2,1-2H3,(H,20,21,22). The minimum Gasteiger partial charge on any atom is -0.369 e. The van der Waals surface area contributed by atoms with Crippen molar-refractivity contribution in [1.29, 1.82) is 0 Å². The van der Waals surface area contributed by atoms with Gasteiger partial charge in [-0.05, 0) is 25.3 Å². The first-order chi connectivity index (χ1) is 12.2. The zero-order chi connectivity index (χ0) is 17.6. The van der Waals surface area contributed by atoms with Gasteiger partial charge in [-0.1, -0.05) is 41.9 Å². The minimum atomic E-state index is 0.527. The molecule has 134 valence electrons. The molecule has 0 radical (unpaired) electrons. The van der Waals surface area contributed by atoms with Gasteiger partial charge in [0.2, 0.25) is 5.95 Å². The van der Waals surface area contributed by atoms with E-state index in [0.717, 1.165) is 55.8 Å². The molecule has 1 fully saturated rings. The average Bonchev–Trinajstić information content (AvgIpc) is 2.63. The Kier molecular flexibility index (Phi) is 6.39. The zero-order valence-corrected chi connectivity index (χ0v) is 16.3. The van der Waals surface area contributed by atoms with Crippen molar-refractivity contribution < 1.29 is 0 Å². The van der Waals surface area contributed by atoms with Gasteiger partial charge >= 0.3 is 0 Å². The smallest absolute Gasteiger partial charge is 0.228 e. The number of piperazine rings is 1. The molecule has 0 amide bonds. The lowest BCUT2D eigenvalue weighted by atomic mass is 10.1. The minimum absolute atomic E-state index is 0.527. The van der Waals surface area contributed by atoms with Crippen LogP contribution in [-0.2, 0) is 6.42 Å². The average molecular weight is 378 g/mol. The number of rotatable bonds is 6. The Hall–Kier alpha value is -1.50. The van der Waals surface area contributed by atoms with Gasteiger partial charge in [-0.2, -0.15) is 9.97 Å². The van der Waals surface area contributed by atoms with Gasteiger partial charge in [0, 0.05) is 32.7 Å². The zero-order valence-electron chi connectivity index (χ0n) is 14.7. The number of aromatic nitrogens is 2. The lowest BCUT2D eigenvalue weighted by molar-refractivity contribution is 0.311. The van der Waals surface area contributed by atoms with Gasteiger partial charge in [0.25, 0.3) is 0 Å². The highest BCUT2D eigenvalue weighted by Crippen LogP contribution is 2.32. The summed E-state index contributed by atoms with van der Waals surface area (Å²) >= 11 is 8.01. The Bertz CT molecular complexity index is 689. The molecule has 1 aliphatic rings. The van der Waals surface area contributed by atoms with E-state index in [1.54, 1.807) is 11.8 Å². The maximum Gasteiger partial charge on any atom is 0.228 e. The molecular formula is C18H24ClN5S. The Morgan fingerprint density at radius 1 is 1.12 bits per heavy atom. The lowest BCUT2D eigenvalue weighted by Gasteiger charge is -2.32. The third kappa shape index (κ3) is 4.77. The Labute approximate surface area is 158 Å². The van der Waals surface area contributed by atoms with Crippen molar-refractivity contribution >= 4 is 35.1 Å². The first-order valence-electron chi connectivity index (χ1n) is 8.50. The second kappa shape index (κ2) is 8.74. The van der Waals surface area contributed by atoms with E-state index < -0.39 is 0 Å². The Morgan fingerprint density at radius 2 is 1.84 bits per heavy atom. The summed E-state index contributed by atoms with van der Waals surface area (Å²) in [6, 6.07) is 10.4. The van der Waals surface area contributed by atoms with Gasteiger partial charge in [0.05, 0.1) is 4.90 Å². The molecule has 1 aromatic heterocycles. The monoisotopic (exact) mass is 377 g/mol. The molecule has 1 N–H and O–H groups in total. The van der Waals surface area contributed by atoms with Crippen molar-refractivity contribution in [3.63, 3.8) is 0 Å². The van der Waals surface area contributed by atoms with Crippen molar-refractivity contribution in [2.24, 2.45) is 0 Å². The largest absolute Gasteiger partial charge is 0.369 e. The highest BCUT2D eigenvalue weighted by atomic mass is 35.5. The van der Waals surface area contributed by atoms with Crippen molar-refractivity contribution in [3.8, 4) is 0 Å². The number of hydrogen-bond acceptors (Lipinski definition) is 6. The summed E-state index contributed by atoms with van der Waals surface area (Å²) in [6.45, 7) is 4.70. The summed E-state index contributed by atoms with van der Waals surface area (Å²) in [7, 11) is 2.14. The molecule has 0 spiro atoms. The molecule has 3 rings (SSSR count). The molecule has 5 nitrogen and oxygen atoms in total. The van der Waals surface area contributed by atoms with Crippen LogP contribution in [0.1, 0.15) is 5.56 Å². The summed E-state index contributed by atoms with van der Waals surface area (Å²) in [5.41, 5.74) is 1.31. The number of halogens is 1. The van der Waals surface area contributed by atoms with Gasteiger partial charge in [-0.3, -0.25) is 0 Å². The highest BCUT2D eigenvalue weighted by molar-refractivity contribution is 7.98. The molecule has 1 aliphatic heterocycles. The number of anilines is 2. The topological polar surface area (TPSA) is 44.3 Å². The number of benzene rings is 1. The molecule has 1 saturated heterocycles. The van der Waals surface area contributed by atoms with Crippen LogP contribution in [0.4, 0.5) is 11.8 Å². The van der Waals surface area contributed by atoms with Crippen LogP contribution in [0.3, 0.4) is 0 Å². The molecule has 7 heteroatoms. The predicted octanol–water partition coefficient (Wildman–Crippen LogP) is 3.26. The lowest BCUT2D eigenvalue weighted by Crippen LogP contribution is -2.45. The van der Waals surface area contributed by atoms with Crippen molar-refractivity contribution in [2.75, 3.05) is 56.2 Å². The molecule has 0 aliphatic carbocycles. The number of thioether (sulfide) groups is 1. The van der Waals surface area contributed by atoms with Crippen molar-refractivity contribution in [2.45, 2.75) is 11.3 Å². The van der Waals surface area contributed by atoms with Crippen LogP contribution >= 0.6 is 23.4 Å². The number of nitrogens with one attached hydrogen (secondary N) is 1. The number of hydrogen-bond donors (Lipinski definition) is 1. The van der Waals surface area contributed by atoms with Crippen LogP contribution in [-0.4, -0.2) is 60.9 Å². The van der Waals surface area contributed by atoms with Gasteiger partial charge in [0.15, 0.2) is 0 Å². The fourth-order valence-electron chi connectivity index (χ4n) is 2.83. The van der Waals surface area contributed by atoms with Gasteiger partial charge in [-0.25, -0.2) is 0 Å². The number of likely N-dealkylation sites (N-methyl/N-ethyl adjacent to an activating group) is 1. The van der Waals surface area contributed by atoms with E-state index in [2.05, 4.69) is 51.4 Å². The Balaban J connectivity index is 1.72. The predicted molar refractivity (Wildman–Crippen MR) is 107 cm³/mol. The molecule has 0 saturated carbocycles. The quantitative estimate of drug-likeness (QED) is 0.615. The molecule has 2 aromatic rings. The van der Waals surface area contributed by atoms with E-state index in [1.165, 1.54) is 5.56 Å². The fraction of sp³-hybridized carbons (Fsp3) is 0.444. The molecule has 0 atom stereocenters. The molecular weight excluding hydrogens is 354 g/mol. The van der Waals surface area contributed by atoms with Crippen LogP contribution in [0.25, 0.3) is 0 Å². The molecule has 2 heterocycles. The van der Waals surface area contributed by atoms with E-state index >= 15 is 0 Å². The summed E-state index contributed by atoms with van der Waals surface area (Å²) in [5.74, 6) is 1.55. The summed E-state index contributed by atoms with van der Waals surface area (Å²) in [5, 5.41) is 3.97. The maximum absolute atomic E-state index is 6.43. The first-order valence-corrected chi connectivity index (χ1v) is 10.1. The summed E-state index contributed by atoms with van der Waals surface area (Å²) in [6.07, 6.45) is 2.95. The highest BCUT2D eigenvalue weighted by Gasteiger charge is 2.20. The third-order valence-corrected chi connectivity index (χ3v) is 5.53. The van der Waals surface area contributed by atoms with E-state index in [1.807, 2.05) is 12.3 Å². The van der Waals surface area contributed by atoms with Gasteiger partial charge in [-0.15, -0.1) is 11.8 Å². The van der Waals surface area contributed by atoms with Crippen molar-refractivity contribution in [3.05, 3.63) is 41.0 Å². The van der Waals surface area contributed by atoms with Crippen LogP contribution < -0.4 is 10.2 Å². The van der Waals surface area contributed by atoms with Crippen LogP contribution in [0.15, 0.2) is 35.2 Å². The summed E-state index contributed by atoms with van der Waals surface area (Å²) in [4.78, 5) is 14.7. The maximum atomic E-state index is 6.43. The van der Waals surface area contributed by atoms with Gasteiger partial charge in [0.1, 0.15) is 11.0 Å². The van der Waals surface area contributed by atoms with E-state index in [-0.39, 0.29) is 0 Å². The molecule has 1 aromatic carbocycles. The van der Waals surface area contributed by atoms with E-state index in [9.17, 15) is 0 Å². The van der Waals surface area contributed by atoms with Gasteiger partial charge < -0.3 is 15.1 Å². The SMILES string of the molecule is CSc1c(Cl)nc(N2CCN(C)CC2)nc1NCCc1ccccc1. The van der Waals surface area contributed by atoms with Crippen LogP contribution in [0, 0.1) is 0 Å². The first kappa shape index (κ1) is 18.3. The van der Waals surface area contributed by atoms with Crippen LogP contribution in [0.2, 0.25) is 5.15 Å². The van der Waals surface area contributed by atoms with E-state index in [4.69, 9.17) is 16.6 Å². The second-order valence-corrected chi connectivity index (χ2v) is 7.32. The second-order valence-electron chi connectivity index (χ2n) is 6.15. The summed E-state index contributed by atoms with van der Waals surface area (Å²) < 4.78 is 0. The third-order valence-electron chi connectivity index (χ3n) is 4.35.